The summed E-state index contributed by atoms with van der Waals surface area (Å²) >= 11 is 0. The number of amides is 1. The highest BCUT2D eigenvalue weighted by molar-refractivity contribution is 5.91. The lowest BCUT2D eigenvalue weighted by molar-refractivity contribution is 0.0714. The number of aryl methyl sites for hydroxylation is 1. The number of nitrogens with zero attached hydrogens (tertiary/aromatic N) is 1. The number of furan rings is 1. The van der Waals surface area contributed by atoms with Crippen LogP contribution in [0.1, 0.15) is 35.6 Å². The molecule has 2 unspecified atom stereocenters. The Labute approximate surface area is 113 Å². The first-order chi connectivity index (χ1) is 8.22. The minimum Gasteiger partial charge on any atom is -0.456 e. The highest BCUT2D eigenvalue weighted by Gasteiger charge is 2.32. The molecule has 100 valence electrons. The van der Waals surface area contributed by atoms with Crippen LogP contribution in [-0.4, -0.2) is 36.0 Å². The lowest BCUT2D eigenvalue weighted by Gasteiger charge is -2.23. The van der Waals surface area contributed by atoms with Gasteiger partial charge >= 0.3 is 0 Å². The average Bonchev–Trinajstić information content (AvgIpc) is 2.84. The van der Waals surface area contributed by atoms with Crippen molar-refractivity contribution in [3.8, 4) is 0 Å². The number of rotatable bonds is 1. The maximum Gasteiger partial charge on any atom is 0.289 e. The third-order valence-electron chi connectivity index (χ3n) is 3.76. The van der Waals surface area contributed by atoms with Gasteiger partial charge < -0.3 is 14.6 Å². The summed E-state index contributed by atoms with van der Waals surface area (Å²) in [5.41, 5.74) is 0. The molecular formula is C13H19ClN2O2. The molecule has 18 heavy (non-hydrogen) atoms. The fourth-order valence-electron chi connectivity index (χ4n) is 2.83. The molecule has 3 heterocycles. The Morgan fingerprint density at radius 1 is 1.33 bits per heavy atom. The Hall–Kier alpha value is -1.00. The van der Waals surface area contributed by atoms with Crippen molar-refractivity contribution in [3.05, 3.63) is 23.7 Å². The van der Waals surface area contributed by atoms with E-state index in [1.807, 2.05) is 17.9 Å². The summed E-state index contributed by atoms with van der Waals surface area (Å²) in [4.78, 5) is 14.2. The minimum atomic E-state index is 0. The van der Waals surface area contributed by atoms with Gasteiger partial charge in [0.15, 0.2) is 5.76 Å². The van der Waals surface area contributed by atoms with E-state index in [0.717, 1.165) is 25.3 Å². The van der Waals surface area contributed by atoms with E-state index in [-0.39, 0.29) is 18.3 Å². The largest absolute Gasteiger partial charge is 0.456 e. The van der Waals surface area contributed by atoms with Crippen molar-refractivity contribution >= 4 is 18.3 Å². The first kappa shape index (κ1) is 13.4. The summed E-state index contributed by atoms with van der Waals surface area (Å²) in [6, 6.07) is 4.70. The molecule has 1 N–H and O–H groups in total. The zero-order chi connectivity index (χ0) is 11.8. The van der Waals surface area contributed by atoms with Gasteiger partial charge in [0.05, 0.1) is 0 Å². The second-order valence-corrected chi connectivity index (χ2v) is 5.09. The SMILES string of the molecule is Cc1ccc(C(=O)N2CCC3CCC(C2)N3)o1.Cl. The van der Waals surface area contributed by atoms with Crippen molar-refractivity contribution in [2.45, 2.75) is 38.3 Å². The highest BCUT2D eigenvalue weighted by Crippen LogP contribution is 2.21. The van der Waals surface area contributed by atoms with Gasteiger partial charge in [0, 0.05) is 25.2 Å². The summed E-state index contributed by atoms with van der Waals surface area (Å²) in [5.74, 6) is 1.30. The fraction of sp³-hybridized carbons (Fsp3) is 0.615. The van der Waals surface area contributed by atoms with Gasteiger partial charge in [-0.2, -0.15) is 0 Å². The van der Waals surface area contributed by atoms with Crippen LogP contribution in [0, 0.1) is 6.92 Å². The number of likely N-dealkylation sites (tertiary alicyclic amines) is 1. The molecule has 2 aliphatic heterocycles. The van der Waals surface area contributed by atoms with Crippen molar-refractivity contribution in [1.82, 2.24) is 10.2 Å². The van der Waals surface area contributed by atoms with E-state index in [9.17, 15) is 4.79 Å². The van der Waals surface area contributed by atoms with Gasteiger partial charge in [-0.25, -0.2) is 0 Å². The summed E-state index contributed by atoms with van der Waals surface area (Å²) in [6.07, 6.45) is 3.50. The number of fused-ring (bicyclic) bond motifs is 2. The zero-order valence-electron chi connectivity index (χ0n) is 10.5. The van der Waals surface area contributed by atoms with Crippen LogP contribution >= 0.6 is 12.4 Å². The Balaban J connectivity index is 0.00000120. The molecular weight excluding hydrogens is 252 g/mol. The molecule has 2 aliphatic rings. The van der Waals surface area contributed by atoms with E-state index in [1.165, 1.54) is 12.8 Å². The van der Waals surface area contributed by atoms with Gasteiger partial charge in [-0.1, -0.05) is 0 Å². The molecule has 2 fully saturated rings. The van der Waals surface area contributed by atoms with Crippen molar-refractivity contribution in [2.24, 2.45) is 0 Å². The molecule has 2 atom stereocenters. The van der Waals surface area contributed by atoms with Gasteiger partial charge in [0.2, 0.25) is 0 Å². The molecule has 4 nitrogen and oxygen atoms in total. The van der Waals surface area contributed by atoms with Gasteiger partial charge in [-0.3, -0.25) is 4.79 Å². The van der Waals surface area contributed by atoms with Crippen LogP contribution in [0.25, 0.3) is 0 Å². The van der Waals surface area contributed by atoms with Crippen LogP contribution in [0.5, 0.6) is 0 Å². The minimum absolute atomic E-state index is 0. The van der Waals surface area contributed by atoms with Gasteiger partial charge in [0.25, 0.3) is 5.91 Å². The van der Waals surface area contributed by atoms with E-state index in [1.54, 1.807) is 6.07 Å². The summed E-state index contributed by atoms with van der Waals surface area (Å²) in [7, 11) is 0. The average molecular weight is 271 g/mol. The zero-order valence-corrected chi connectivity index (χ0v) is 11.3. The summed E-state index contributed by atoms with van der Waals surface area (Å²) in [5, 5.41) is 3.57. The van der Waals surface area contributed by atoms with Crippen molar-refractivity contribution in [2.75, 3.05) is 13.1 Å². The predicted molar refractivity (Wildman–Crippen MR) is 71.2 cm³/mol. The fourth-order valence-corrected chi connectivity index (χ4v) is 2.83. The molecule has 5 heteroatoms. The maximum atomic E-state index is 12.2. The Kier molecular flexibility index (Phi) is 3.97. The van der Waals surface area contributed by atoms with Crippen LogP contribution < -0.4 is 5.32 Å². The van der Waals surface area contributed by atoms with E-state index >= 15 is 0 Å². The molecule has 0 aromatic carbocycles. The number of carbonyl (C=O) groups excluding carboxylic acids is 1. The predicted octanol–water partition coefficient (Wildman–Crippen LogP) is 1.98. The molecule has 1 amide bonds. The molecule has 0 spiro atoms. The van der Waals surface area contributed by atoms with Crippen LogP contribution in [0.4, 0.5) is 0 Å². The number of halogens is 1. The number of carbonyl (C=O) groups is 1. The Morgan fingerprint density at radius 2 is 2.11 bits per heavy atom. The quantitative estimate of drug-likeness (QED) is 0.849. The topological polar surface area (TPSA) is 45.5 Å². The lowest BCUT2D eigenvalue weighted by atomic mass is 10.1. The molecule has 2 bridgehead atoms. The lowest BCUT2D eigenvalue weighted by Crippen LogP contribution is -2.38. The molecule has 2 saturated heterocycles. The van der Waals surface area contributed by atoms with Crippen LogP contribution in [-0.2, 0) is 0 Å². The first-order valence-electron chi connectivity index (χ1n) is 6.34. The second-order valence-electron chi connectivity index (χ2n) is 5.09. The molecule has 3 rings (SSSR count). The third-order valence-corrected chi connectivity index (χ3v) is 3.76. The standard InChI is InChI=1S/C13H18N2O2.ClH/c1-9-2-5-12(17-9)13(16)15-7-6-10-3-4-11(8-15)14-10;/h2,5,10-11,14H,3-4,6-8H2,1H3;1H. The van der Waals surface area contributed by atoms with E-state index in [4.69, 9.17) is 4.42 Å². The second kappa shape index (κ2) is 5.33. The highest BCUT2D eigenvalue weighted by atomic mass is 35.5. The van der Waals surface area contributed by atoms with E-state index in [2.05, 4.69) is 5.32 Å². The monoisotopic (exact) mass is 270 g/mol. The normalized spacial score (nSPS) is 26.6. The third kappa shape index (κ3) is 2.54. The number of nitrogens with one attached hydrogen (secondary N) is 1. The van der Waals surface area contributed by atoms with Gasteiger partial charge in [0.1, 0.15) is 5.76 Å². The van der Waals surface area contributed by atoms with E-state index in [0.29, 0.717) is 17.8 Å². The summed E-state index contributed by atoms with van der Waals surface area (Å²) < 4.78 is 5.41. The van der Waals surface area contributed by atoms with Crippen molar-refractivity contribution in [1.29, 1.82) is 0 Å². The molecule has 1 aromatic rings. The smallest absolute Gasteiger partial charge is 0.289 e. The van der Waals surface area contributed by atoms with Crippen molar-refractivity contribution in [3.63, 3.8) is 0 Å². The van der Waals surface area contributed by atoms with Crippen LogP contribution in [0.3, 0.4) is 0 Å². The number of hydrogen-bond acceptors (Lipinski definition) is 3. The number of hydrogen-bond donors (Lipinski definition) is 1. The first-order valence-corrected chi connectivity index (χ1v) is 6.34. The maximum absolute atomic E-state index is 12.2. The van der Waals surface area contributed by atoms with Gasteiger partial charge in [-0.05, 0) is 38.3 Å². The van der Waals surface area contributed by atoms with Gasteiger partial charge in [-0.15, -0.1) is 12.4 Å². The van der Waals surface area contributed by atoms with E-state index < -0.39 is 0 Å². The Morgan fingerprint density at radius 3 is 2.83 bits per heavy atom. The Bertz CT molecular complexity index is 432. The molecule has 0 radical (unpaired) electrons. The summed E-state index contributed by atoms with van der Waals surface area (Å²) in [6.45, 7) is 3.52. The molecule has 0 saturated carbocycles. The molecule has 1 aromatic heterocycles. The molecule has 0 aliphatic carbocycles. The van der Waals surface area contributed by atoms with Crippen LogP contribution in [0.15, 0.2) is 16.5 Å². The van der Waals surface area contributed by atoms with Crippen molar-refractivity contribution < 1.29 is 9.21 Å². The van der Waals surface area contributed by atoms with Crippen LogP contribution in [0.2, 0.25) is 0 Å².